The molecule has 0 spiro atoms. The van der Waals surface area contributed by atoms with Crippen molar-refractivity contribution in [3.8, 4) is 0 Å². The largest absolute Gasteiger partial charge is 0.465 e. The lowest BCUT2D eigenvalue weighted by Gasteiger charge is -2.37. The summed E-state index contributed by atoms with van der Waals surface area (Å²) < 4.78 is 10.5. The van der Waals surface area contributed by atoms with Gasteiger partial charge >= 0.3 is 5.97 Å². The number of thiazole rings is 1. The number of esters is 1. The van der Waals surface area contributed by atoms with Crippen LogP contribution in [0.3, 0.4) is 0 Å². The molecule has 1 aliphatic heterocycles. The van der Waals surface area contributed by atoms with E-state index in [9.17, 15) is 9.59 Å². The third-order valence-corrected chi connectivity index (χ3v) is 6.39. The van der Waals surface area contributed by atoms with Crippen LogP contribution in [0.15, 0.2) is 0 Å². The van der Waals surface area contributed by atoms with Crippen LogP contribution in [0, 0.1) is 6.92 Å². The van der Waals surface area contributed by atoms with Gasteiger partial charge < -0.3 is 24.7 Å². The summed E-state index contributed by atoms with van der Waals surface area (Å²) in [5, 5.41) is 4.00. The Kier molecular flexibility index (Phi) is 6.76. The zero-order valence-corrected chi connectivity index (χ0v) is 18.3. The number of methoxy groups -OCH3 is 2. The number of aryl methyl sites for hydroxylation is 2. The van der Waals surface area contributed by atoms with Crippen molar-refractivity contribution in [1.29, 1.82) is 0 Å². The standard InChI is InChI=1S/C18H24ClN5O4S/c1-5-10-13(17(26)28-4)29-18(22-10)24-7-6-11(12(8-24)27-3)21-16(25)15-20-9(2)14(19)23-15/h11-12H,5-8H2,1-4H3,(H,20,23)(H,21,25)/t11-,12+/m1/s1. The SMILES string of the molecule is CCc1nc(N2CC[C@@H](NC(=O)c3nc(Cl)c(C)[nH]3)[C@@H](OC)C2)sc1C(=O)OC. The number of hydrogen-bond donors (Lipinski definition) is 2. The Balaban J connectivity index is 1.70. The first kappa shape index (κ1) is 21.5. The second-order valence-electron chi connectivity index (χ2n) is 6.71. The molecule has 3 heterocycles. The van der Waals surface area contributed by atoms with E-state index in [1.165, 1.54) is 18.4 Å². The highest BCUT2D eigenvalue weighted by molar-refractivity contribution is 7.17. The van der Waals surface area contributed by atoms with E-state index < -0.39 is 0 Å². The van der Waals surface area contributed by atoms with E-state index in [0.717, 1.165) is 10.8 Å². The molecule has 1 fully saturated rings. The number of H-pyrrole nitrogens is 1. The van der Waals surface area contributed by atoms with Crippen molar-refractivity contribution in [1.82, 2.24) is 20.3 Å². The number of aromatic amines is 1. The van der Waals surface area contributed by atoms with Gasteiger partial charge in [0.1, 0.15) is 4.88 Å². The number of halogens is 1. The molecule has 2 N–H and O–H groups in total. The maximum absolute atomic E-state index is 12.5. The van der Waals surface area contributed by atoms with Crippen molar-refractivity contribution in [3.63, 3.8) is 0 Å². The first-order valence-electron chi connectivity index (χ1n) is 9.26. The zero-order valence-electron chi connectivity index (χ0n) is 16.7. The number of rotatable bonds is 6. The van der Waals surface area contributed by atoms with E-state index in [0.29, 0.717) is 36.5 Å². The predicted octanol–water partition coefficient (Wildman–Crippen LogP) is 2.20. The molecule has 11 heteroatoms. The van der Waals surface area contributed by atoms with Crippen LogP contribution in [-0.2, 0) is 15.9 Å². The van der Waals surface area contributed by atoms with Crippen LogP contribution in [0.5, 0.6) is 0 Å². The van der Waals surface area contributed by atoms with E-state index in [1.54, 1.807) is 14.0 Å². The summed E-state index contributed by atoms with van der Waals surface area (Å²) in [5.41, 5.74) is 1.37. The maximum Gasteiger partial charge on any atom is 0.350 e. The molecule has 2 aromatic heterocycles. The summed E-state index contributed by atoms with van der Waals surface area (Å²) >= 11 is 7.25. The number of nitrogens with zero attached hydrogens (tertiary/aromatic N) is 3. The van der Waals surface area contributed by atoms with Crippen LogP contribution in [0.25, 0.3) is 0 Å². The lowest BCUT2D eigenvalue weighted by atomic mass is 10.0. The van der Waals surface area contributed by atoms with Gasteiger partial charge in [-0.2, -0.15) is 0 Å². The third kappa shape index (κ3) is 4.54. The molecule has 1 saturated heterocycles. The fraction of sp³-hybridized carbons (Fsp3) is 0.556. The van der Waals surface area contributed by atoms with Crippen molar-refractivity contribution in [2.24, 2.45) is 0 Å². The predicted molar refractivity (Wildman–Crippen MR) is 110 cm³/mol. The normalized spacial score (nSPS) is 19.3. The van der Waals surface area contributed by atoms with Crippen molar-refractivity contribution < 1.29 is 19.1 Å². The number of anilines is 1. The first-order chi connectivity index (χ1) is 13.9. The Bertz CT molecular complexity index is 879. The van der Waals surface area contributed by atoms with Crippen LogP contribution in [0.4, 0.5) is 5.13 Å². The van der Waals surface area contributed by atoms with Crippen molar-refractivity contribution >= 4 is 39.9 Å². The van der Waals surface area contributed by atoms with Gasteiger partial charge in [-0.05, 0) is 19.8 Å². The molecule has 0 bridgehead atoms. The van der Waals surface area contributed by atoms with E-state index in [4.69, 9.17) is 21.1 Å². The zero-order chi connectivity index (χ0) is 21.1. The summed E-state index contributed by atoms with van der Waals surface area (Å²) in [6.45, 7) is 4.91. The number of carbonyl (C=O) groups is 2. The molecular weight excluding hydrogens is 418 g/mol. The van der Waals surface area contributed by atoms with Gasteiger partial charge in [-0.1, -0.05) is 29.9 Å². The fourth-order valence-electron chi connectivity index (χ4n) is 3.24. The molecule has 0 aromatic carbocycles. The first-order valence-corrected chi connectivity index (χ1v) is 10.5. The molecule has 3 rings (SSSR count). The lowest BCUT2D eigenvalue weighted by molar-refractivity contribution is 0.0538. The van der Waals surface area contributed by atoms with Crippen molar-refractivity contribution in [2.45, 2.75) is 38.8 Å². The van der Waals surface area contributed by atoms with Gasteiger partial charge in [0.25, 0.3) is 5.91 Å². The smallest absolute Gasteiger partial charge is 0.350 e. The molecule has 2 aromatic rings. The van der Waals surface area contributed by atoms with E-state index >= 15 is 0 Å². The van der Waals surface area contributed by atoms with Crippen LogP contribution in [0.2, 0.25) is 5.15 Å². The van der Waals surface area contributed by atoms with Gasteiger partial charge in [-0.3, -0.25) is 4.79 Å². The Morgan fingerprint density at radius 1 is 1.38 bits per heavy atom. The number of ether oxygens (including phenoxy) is 2. The minimum absolute atomic E-state index is 0.181. The molecule has 1 amide bonds. The summed E-state index contributed by atoms with van der Waals surface area (Å²) in [7, 11) is 2.98. The molecule has 9 nitrogen and oxygen atoms in total. The number of piperidine rings is 1. The second kappa shape index (κ2) is 9.10. The van der Waals surface area contributed by atoms with Gasteiger partial charge in [-0.25, -0.2) is 14.8 Å². The summed E-state index contributed by atoms with van der Waals surface area (Å²) in [6, 6.07) is -0.182. The van der Waals surface area contributed by atoms with Crippen molar-refractivity contribution in [2.75, 3.05) is 32.2 Å². The summed E-state index contributed by atoms with van der Waals surface area (Å²) in [4.78, 5) is 38.6. The van der Waals surface area contributed by atoms with Crippen LogP contribution in [-0.4, -0.2) is 66.3 Å². The Morgan fingerprint density at radius 3 is 2.72 bits per heavy atom. The molecular formula is C18H24ClN5O4S. The van der Waals surface area contributed by atoms with Crippen molar-refractivity contribution in [3.05, 3.63) is 27.2 Å². The molecule has 0 aliphatic carbocycles. The quantitative estimate of drug-likeness (QED) is 0.661. The monoisotopic (exact) mass is 441 g/mol. The molecule has 158 valence electrons. The fourth-order valence-corrected chi connectivity index (χ4v) is 4.48. The second-order valence-corrected chi connectivity index (χ2v) is 8.04. The minimum atomic E-state index is -0.372. The van der Waals surface area contributed by atoms with Crippen LogP contribution < -0.4 is 10.2 Å². The van der Waals surface area contributed by atoms with Gasteiger partial charge in [0, 0.05) is 20.2 Å². The van der Waals surface area contributed by atoms with Crippen LogP contribution >= 0.6 is 22.9 Å². The topological polar surface area (TPSA) is 109 Å². The molecule has 0 radical (unpaired) electrons. The summed E-state index contributed by atoms with van der Waals surface area (Å²) in [5.74, 6) is -0.514. The molecule has 29 heavy (non-hydrogen) atoms. The Labute approximate surface area is 177 Å². The Morgan fingerprint density at radius 2 is 2.14 bits per heavy atom. The van der Waals surface area contributed by atoms with E-state index in [-0.39, 0.29) is 35.0 Å². The average Bonchev–Trinajstić information content (AvgIpc) is 3.31. The number of aromatic nitrogens is 3. The highest BCUT2D eigenvalue weighted by Gasteiger charge is 2.33. The number of amides is 1. The molecule has 2 atom stereocenters. The number of hydrogen-bond acceptors (Lipinski definition) is 8. The third-order valence-electron chi connectivity index (χ3n) is 4.88. The number of imidazole rings is 1. The lowest BCUT2D eigenvalue weighted by Crippen LogP contribution is -2.55. The van der Waals surface area contributed by atoms with Gasteiger partial charge in [0.05, 0.1) is 30.6 Å². The summed E-state index contributed by atoms with van der Waals surface area (Å²) in [6.07, 6.45) is 1.06. The van der Waals surface area contributed by atoms with Gasteiger partial charge in [0.2, 0.25) is 0 Å². The van der Waals surface area contributed by atoms with Gasteiger partial charge in [0.15, 0.2) is 16.1 Å². The number of carbonyl (C=O) groups excluding carboxylic acids is 2. The minimum Gasteiger partial charge on any atom is -0.465 e. The maximum atomic E-state index is 12.5. The molecule has 1 aliphatic rings. The Hall–Kier alpha value is -2.17. The highest BCUT2D eigenvalue weighted by Crippen LogP contribution is 2.30. The highest BCUT2D eigenvalue weighted by atomic mass is 35.5. The van der Waals surface area contributed by atoms with Gasteiger partial charge in [-0.15, -0.1) is 0 Å². The van der Waals surface area contributed by atoms with E-state index in [1.807, 2.05) is 6.92 Å². The van der Waals surface area contributed by atoms with E-state index in [2.05, 4.69) is 25.2 Å². The molecule has 0 unspecified atom stereocenters. The van der Waals surface area contributed by atoms with Crippen LogP contribution in [0.1, 0.15) is 45.0 Å². The molecule has 0 saturated carbocycles. The number of nitrogens with one attached hydrogen (secondary N) is 2. The average molecular weight is 442 g/mol.